The van der Waals surface area contributed by atoms with E-state index in [2.05, 4.69) is 20.3 Å². The van der Waals surface area contributed by atoms with Gasteiger partial charge in [-0.1, -0.05) is 23.8 Å². The van der Waals surface area contributed by atoms with Gasteiger partial charge in [-0.15, -0.1) is 10.2 Å². The SMILES string of the molecule is CCOc1ccc(-n2c(SCc3nc(CC)no3)nnc2-c2cc(OC)c(OC)c(OC)c2)cc1. The zero-order valence-corrected chi connectivity index (χ0v) is 21.1. The average molecular weight is 498 g/mol. The monoisotopic (exact) mass is 497 g/mol. The minimum absolute atomic E-state index is 0.456. The summed E-state index contributed by atoms with van der Waals surface area (Å²) in [6.07, 6.45) is 0.710. The molecular weight excluding hydrogens is 470 g/mol. The van der Waals surface area contributed by atoms with Crippen molar-refractivity contribution in [3.05, 3.63) is 48.1 Å². The van der Waals surface area contributed by atoms with Crippen molar-refractivity contribution in [1.82, 2.24) is 24.9 Å². The summed E-state index contributed by atoms with van der Waals surface area (Å²) in [5.74, 6) is 4.60. The van der Waals surface area contributed by atoms with Gasteiger partial charge in [0.15, 0.2) is 28.3 Å². The molecule has 35 heavy (non-hydrogen) atoms. The normalized spacial score (nSPS) is 10.9. The maximum Gasteiger partial charge on any atom is 0.237 e. The van der Waals surface area contributed by atoms with Crippen molar-refractivity contribution in [1.29, 1.82) is 0 Å². The Kier molecular flexibility index (Phi) is 7.76. The smallest absolute Gasteiger partial charge is 0.237 e. The zero-order chi connectivity index (χ0) is 24.8. The van der Waals surface area contributed by atoms with Gasteiger partial charge >= 0.3 is 0 Å². The Labute approximate surface area is 207 Å². The van der Waals surface area contributed by atoms with E-state index in [-0.39, 0.29) is 0 Å². The molecule has 0 aliphatic carbocycles. The molecule has 4 rings (SSSR count). The van der Waals surface area contributed by atoms with E-state index in [9.17, 15) is 0 Å². The van der Waals surface area contributed by atoms with E-state index >= 15 is 0 Å². The number of hydrogen-bond acceptors (Lipinski definition) is 10. The molecule has 11 heteroatoms. The summed E-state index contributed by atoms with van der Waals surface area (Å²) in [5.41, 5.74) is 1.61. The van der Waals surface area contributed by atoms with Crippen molar-refractivity contribution < 1.29 is 23.5 Å². The lowest BCUT2D eigenvalue weighted by atomic mass is 10.1. The molecule has 10 nitrogen and oxygen atoms in total. The summed E-state index contributed by atoms with van der Waals surface area (Å²) in [5, 5.41) is 13.6. The van der Waals surface area contributed by atoms with Gasteiger partial charge < -0.3 is 23.5 Å². The maximum atomic E-state index is 5.61. The first kappa shape index (κ1) is 24.4. The molecule has 0 bridgehead atoms. The fraction of sp³-hybridized carbons (Fsp3) is 0.333. The van der Waals surface area contributed by atoms with Crippen molar-refractivity contribution in [2.45, 2.75) is 31.2 Å². The van der Waals surface area contributed by atoms with E-state index in [1.54, 1.807) is 21.3 Å². The summed E-state index contributed by atoms with van der Waals surface area (Å²) < 4.78 is 29.5. The third kappa shape index (κ3) is 5.19. The highest BCUT2D eigenvalue weighted by Crippen LogP contribution is 2.42. The molecule has 0 spiro atoms. The van der Waals surface area contributed by atoms with Crippen LogP contribution in [0.3, 0.4) is 0 Å². The van der Waals surface area contributed by atoms with Gasteiger partial charge in [0, 0.05) is 17.7 Å². The molecule has 0 N–H and O–H groups in total. The van der Waals surface area contributed by atoms with Crippen LogP contribution in [-0.2, 0) is 12.2 Å². The van der Waals surface area contributed by atoms with Crippen LogP contribution in [0.5, 0.6) is 23.0 Å². The van der Waals surface area contributed by atoms with Crippen LogP contribution in [0.15, 0.2) is 46.1 Å². The molecule has 184 valence electrons. The van der Waals surface area contributed by atoms with Crippen LogP contribution in [-0.4, -0.2) is 52.8 Å². The number of benzene rings is 2. The summed E-state index contributed by atoms with van der Waals surface area (Å²) in [6, 6.07) is 11.4. The summed E-state index contributed by atoms with van der Waals surface area (Å²) in [4.78, 5) is 4.39. The molecule has 0 saturated carbocycles. The van der Waals surface area contributed by atoms with Gasteiger partial charge in [-0.3, -0.25) is 4.57 Å². The molecule has 2 aromatic carbocycles. The topological polar surface area (TPSA) is 107 Å². The number of rotatable bonds is 11. The van der Waals surface area contributed by atoms with Crippen molar-refractivity contribution >= 4 is 11.8 Å². The van der Waals surface area contributed by atoms with Crippen LogP contribution in [0.2, 0.25) is 0 Å². The fourth-order valence-corrected chi connectivity index (χ4v) is 4.26. The van der Waals surface area contributed by atoms with Gasteiger partial charge in [-0.25, -0.2) is 0 Å². The van der Waals surface area contributed by atoms with Crippen molar-refractivity contribution in [3.63, 3.8) is 0 Å². The second-order valence-corrected chi connectivity index (χ2v) is 8.17. The van der Waals surface area contributed by atoms with E-state index in [0.29, 0.717) is 58.7 Å². The molecule has 0 aliphatic rings. The Hall–Kier alpha value is -3.73. The Balaban J connectivity index is 1.78. The number of methoxy groups -OCH3 is 3. The third-order valence-corrected chi connectivity index (χ3v) is 6.03. The van der Waals surface area contributed by atoms with Gasteiger partial charge in [0.1, 0.15) is 5.75 Å². The first-order valence-electron chi connectivity index (χ1n) is 11.0. The van der Waals surface area contributed by atoms with Crippen LogP contribution < -0.4 is 18.9 Å². The lowest BCUT2D eigenvalue weighted by Crippen LogP contribution is -2.02. The molecule has 2 aromatic heterocycles. The van der Waals surface area contributed by atoms with Crippen LogP contribution >= 0.6 is 11.8 Å². The maximum absolute atomic E-state index is 5.61. The van der Waals surface area contributed by atoms with E-state index in [1.165, 1.54) is 11.8 Å². The summed E-state index contributed by atoms with van der Waals surface area (Å²) in [6.45, 7) is 4.52. The molecule has 4 aromatic rings. The number of aromatic nitrogens is 5. The highest BCUT2D eigenvalue weighted by atomic mass is 32.2. The van der Waals surface area contributed by atoms with Gasteiger partial charge in [-0.05, 0) is 43.3 Å². The Morgan fingerprint density at radius 1 is 0.943 bits per heavy atom. The highest BCUT2D eigenvalue weighted by molar-refractivity contribution is 7.98. The van der Waals surface area contributed by atoms with E-state index in [0.717, 1.165) is 17.0 Å². The Bertz CT molecular complexity index is 1250. The van der Waals surface area contributed by atoms with Crippen molar-refractivity contribution in [2.75, 3.05) is 27.9 Å². The van der Waals surface area contributed by atoms with Gasteiger partial charge in [-0.2, -0.15) is 4.98 Å². The molecule has 0 radical (unpaired) electrons. The number of hydrogen-bond donors (Lipinski definition) is 0. The summed E-state index contributed by atoms with van der Waals surface area (Å²) >= 11 is 1.45. The largest absolute Gasteiger partial charge is 0.494 e. The quantitative estimate of drug-likeness (QED) is 0.273. The molecule has 0 fully saturated rings. The average Bonchev–Trinajstić information content (AvgIpc) is 3.54. The van der Waals surface area contributed by atoms with Crippen LogP contribution in [0.1, 0.15) is 25.6 Å². The van der Waals surface area contributed by atoms with Gasteiger partial charge in [0.2, 0.25) is 11.6 Å². The van der Waals surface area contributed by atoms with Crippen LogP contribution in [0, 0.1) is 0 Å². The van der Waals surface area contributed by atoms with E-state index < -0.39 is 0 Å². The second-order valence-electron chi connectivity index (χ2n) is 7.23. The number of nitrogens with zero attached hydrogens (tertiary/aromatic N) is 5. The number of thioether (sulfide) groups is 1. The van der Waals surface area contributed by atoms with Crippen molar-refractivity contribution in [3.8, 4) is 40.1 Å². The van der Waals surface area contributed by atoms with Crippen LogP contribution in [0.4, 0.5) is 0 Å². The lowest BCUT2D eigenvalue weighted by molar-refractivity contribution is 0.324. The second kappa shape index (κ2) is 11.1. The van der Waals surface area contributed by atoms with E-state index in [1.807, 2.05) is 54.8 Å². The van der Waals surface area contributed by atoms with Crippen LogP contribution in [0.25, 0.3) is 17.1 Å². The molecule has 0 saturated heterocycles. The Morgan fingerprint density at radius 3 is 2.23 bits per heavy atom. The van der Waals surface area contributed by atoms with Crippen molar-refractivity contribution in [2.24, 2.45) is 0 Å². The minimum atomic E-state index is 0.456. The predicted octanol–water partition coefficient (Wildman–Crippen LogP) is 4.60. The zero-order valence-electron chi connectivity index (χ0n) is 20.3. The summed E-state index contributed by atoms with van der Waals surface area (Å²) in [7, 11) is 4.72. The first-order chi connectivity index (χ1) is 17.1. The molecule has 0 unspecified atom stereocenters. The molecular formula is C24H27N5O5S. The number of aryl methyl sites for hydroxylation is 1. The molecule has 0 amide bonds. The standard InChI is InChI=1S/C24H27N5O5S/c1-6-20-25-21(34-28-20)14-35-24-27-26-23(29(24)16-8-10-17(11-9-16)33-7-2)15-12-18(30-3)22(32-5)19(13-15)31-4/h8-13H,6-7,14H2,1-5H3. The molecule has 0 atom stereocenters. The predicted molar refractivity (Wildman–Crippen MR) is 131 cm³/mol. The lowest BCUT2D eigenvalue weighted by Gasteiger charge is -2.15. The van der Waals surface area contributed by atoms with E-state index in [4.69, 9.17) is 23.5 Å². The minimum Gasteiger partial charge on any atom is -0.494 e. The van der Waals surface area contributed by atoms with Gasteiger partial charge in [0.05, 0.1) is 33.7 Å². The fourth-order valence-electron chi connectivity index (χ4n) is 3.47. The molecule has 0 aliphatic heterocycles. The first-order valence-corrected chi connectivity index (χ1v) is 12.0. The van der Waals surface area contributed by atoms with Gasteiger partial charge in [0.25, 0.3) is 0 Å². The number of ether oxygens (including phenoxy) is 4. The highest BCUT2D eigenvalue weighted by Gasteiger charge is 2.21. The third-order valence-electron chi connectivity index (χ3n) is 5.11. The Morgan fingerprint density at radius 2 is 1.66 bits per heavy atom. The molecule has 2 heterocycles.